The Morgan fingerprint density at radius 3 is 2.60 bits per heavy atom. The summed E-state index contributed by atoms with van der Waals surface area (Å²) in [6, 6.07) is 12.0. The van der Waals surface area contributed by atoms with Crippen LogP contribution in [0.4, 0.5) is 0 Å². The molecule has 0 aliphatic rings. The van der Waals surface area contributed by atoms with Gasteiger partial charge in [-0.05, 0) is 42.7 Å². The third kappa shape index (κ3) is 2.94. The van der Waals surface area contributed by atoms with Crippen LogP contribution in [0.5, 0.6) is 17.2 Å². The molecule has 0 heterocycles. The fourth-order valence-electron chi connectivity index (χ4n) is 2.16. The molecule has 0 unspecified atom stereocenters. The van der Waals surface area contributed by atoms with E-state index in [2.05, 4.69) is 13.0 Å². The number of rotatable bonds is 5. The summed E-state index contributed by atoms with van der Waals surface area (Å²) in [6.45, 7) is 4.62. The van der Waals surface area contributed by atoms with Crippen molar-refractivity contribution in [2.24, 2.45) is 5.73 Å². The van der Waals surface area contributed by atoms with Gasteiger partial charge in [0.15, 0.2) is 11.5 Å². The quantitative estimate of drug-likeness (QED) is 0.899. The SMILES string of the molecule is CCc1cccc(Oc2c(OC)ccc(CN)c2C)c1. The van der Waals surface area contributed by atoms with E-state index in [9.17, 15) is 0 Å². The molecule has 0 fully saturated rings. The molecule has 106 valence electrons. The summed E-state index contributed by atoms with van der Waals surface area (Å²) in [5.41, 5.74) is 9.08. The maximum Gasteiger partial charge on any atom is 0.172 e. The zero-order chi connectivity index (χ0) is 14.5. The lowest BCUT2D eigenvalue weighted by Crippen LogP contribution is -2.02. The van der Waals surface area contributed by atoms with Crippen molar-refractivity contribution >= 4 is 0 Å². The second-order valence-electron chi connectivity index (χ2n) is 4.69. The largest absolute Gasteiger partial charge is 0.493 e. The summed E-state index contributed by atoms with van der Waals surface area (Å²) >= 11 is 0. The molecule has 0 bridgehead atoms. The van der Waals surface area contributed by atoms with Crippen LogP contribution in [0.15, 0.2) is 36.4 Å². The van der Waals surface area contributed by atoms with Gasteiger partial charge in [0, 0.05) is 12.1 Å². The molecule has 2 N–H and O–H groups in total. The molecule has 3 heteroatoms. The van der Waals surface area contributed by atoms with Crippen molar-refractivity contribution in [1.82, 2.24) is 0 Å². The highest BCUT2D eigenvalue weighted by Crippen LogP contribution is 2.36. The van der Waals surface area contributed by atoms with E-state index < -0.39 is 0 Å². The van der Waals surface area contributed by atoms with E-state index in [1.54, 1.807) is 7.11 Å². The Bertz CT molecular complexity index is 594. The molecule has 0 radical (unpaired) electrons. The molecule has 0 aliphatic carbocycles. The first-order chi connectivity index (χ1) is 9.69. The van der Waals surface area contributed by atoms with Crippen molar-refractivity contribution in [2.75, 3.05) is 7.11 Å². The first kappa shape index (κ1) is 14.4. The molecular weight excluding hydrogens is 250 g/mol. The van der Waals surface area contributed by atoms with Crippen LogP contribution >= 0.6 is 0 Å². The van der Waals surface area contributed by atoms with Gasteiger partial charge in [-0.3, -0.25) is 0 Å². The second kappa shape index (κ2) is 6.44. The van der Waals surface area contributed by atoms with Gasteiger partial charge in [0.05, 0.1) is 7.11 Å². The van der Waals surface area contributed by atoms with E-state index in [1.165, 1.54) is 5.56 Å². The molecule has 0 saturated heterocycles. The summed E-state index contributed by atoms with van der Waals surface area (Å²) in [7, 11) is 1.65. The molecule has 0 saturated carbocycles. The third-order valence-electron chi connectivity index (χ3n) is 3.45. The van der Waals surface area contributed by atoms with Gasteiger partial charge in [0.2, 0.25) is 0 Å². The van der Waals surface area contributed by atoms with Gasteiger partial charge in [-0.25, -0.2) is 0 Å². The molecule has 3 nitrogen and oxygen atoms in total. The summed E-state index contributed by atoms with van der Waals surface area (Å²) in [5.74, 6) is 2.28. The average Bonchev–Trinajstić information content (AvgIpc) is 2.49. The van der Waals surface area contributed by atoms with E-state index in [1.807, 2.05) is 37.3 Å². The van der Waals surface area contributed by atoms with Crippen LogP contribution in [-0.2, 0) is 13.0 Å². The number of aryl methyl sites for hydroxylation is 1. The summed E-state index contributed by atoms with van der Waals surface area (Å²) < 4.78 is 11.4. The standard InChI is InChI=1S/C17H21NO2/c1-4-13-6-5-7-15(10-13)20-17-12(2)14(11-18)8-9-16(17)19-3/h5-10H,4,11,18H2,1-3H3. The predicted octanol–water partition coefficient (Wildman–Crippen LogP) is 3.82. The minimum absolute atomic E-state index is 0.487. The first-order valence-corrected chi connectivity index (χ1v) is 6.83. The van der Waals surface area contributed by atoms with E-state index in [0.29, 0.717) is 6.54 Å². The highest BCUT2D eigenvalue weighted by Gasteiger charge is 2.12. The maximum atomic E-state index is 6.04. The zero-order valence-electron chi connectivity index (χ0n) is 12.3. The lowest BCUT2D eigenvalue weighted by molar-refractivity contribution is 0.376. The fourth-order valence-corrected chi connectivity index (χ4v) is 2.16. The molecule has 0 spiro atoms. The van der Waals surface area contributed by atoms with E-state index in [4.69, 9.17) is 15.2 Å². The van der Waals surface area contributed by atoms with Crippen LogP contribution in [-0.4, -0.2) is 7.11 Å². The average molecular weight is 271 g/mol. The molecule has 0 amide bonds. The Kier molecular flexibility index (Phi) is 4.64. The van der Waals surface area contributed by atoms with Crippen LogP contribution in [0, 0.1) is 6.92 Å². The predicted molar refractivity (Wildman–Crippen MR) is 81.5 cm³/mol. The van der Waals surface area contributed by atoms with Crippen molar-refractivity contribution in [1.29, 1.82) is 0 Å². The lowest BCUT2D eigenvalue weighted by Gasteiger charge is -2.16. The lowest BCUT2D eigenvalue weighted by atomic mass is 10.1. The number of ether oxygens (including phenoxy) is 2. The number of methoxy groups -OCH3 is 1. The second-order valence-corrected chi connectivity index (χ2v) is 4.69. The maximum absolute atomic E-state index is 6.04. The number of hydrogen-bond acceptors (Lipinski definition) is 3. The topological polar surface area (TPSA) is 44.5 Å². The monoisotopic (exact) mass is 271 g/mol. The minimum atomic E-state index is 0.487. The van der Waals surface area contributed by atoms with E-state index in [0.717, 1.165) is 34.8 Å². The Labute approximate surface area is 120 Å². The van der Waals surface area contributed by atoms with Crippen molar-refractivity contribution in [3.63, 3.8) is 0 Å². The summed E-state index contributed by atoms with van der Waals surface area (Å²) in [5, 5.41) is 0. The minimum Gasteiger partial charge on any atom is -0.493 e. The Morgan fingerprint density at radius 2 is 1.95 bits per heavy atom. The molecule has 2 aromatic carbocycles. The molecule has 20 heavy (non-hydrogen) atoms. The van der Waals surface area contributed by atoms with E-state index in [-0.39, 0.29) is 0 Å². The third-order valence-corrected chi connectivity index (χ3v) is 3.45. The molecule has 0 aliphatic heterocycles. The van der Waals surface area contributed by atoms with Gasteiger partial charge in [-0.1, -0.05) is 25.1 Å². The molecule has 2 rings (SSSR count). The summed E-state index contributed by atoms with van der Waals surface area (Å²) in [4.78, 5) is 0. The van der Waals surface area contributed by atoms with Crippen molar-refractivity contribution in [2.45, 2.75) is 26.8 Å². The normalized spacial score (nSPS) is 10.4. The Balaban J connectivity index is 2.40. The fraction of sp³-hybridized carbons (Fsp3) is 0.294. The first-order valence-electron chi connectivity index (χ1n) is 6.83. The Morgan fingerprint density at radius 1 is 1.15 bits per heavy atom. The van der Waals surface area contributed by atoms with Crippen LogP contribution in [0.2, 0.25) is 0 Å². The van der Waals surface area contributed by atoms with Crippen LogP contribution in [0.3, 0.4) is 0 Å². The van der Waals surface area contributed by atoms with Crippen molar-refractivity contribution in [3.8, 4) is 17.2 Å². The van der Waals surface area contributed by atoms with Gasteiger partial charge in [-0.15, -0.1) is 0 Å². The Hall–Kier alpha value is -2.00. The van der Waals surface area contributed by atoms with Crippen LogP contribution in [0.25, 0.3) is 0 Å². The van der Waals surface area contributed by atoms with Crippen molar-refractivity contribution in [3.05, 3.63) is 53.1 Å². The molecule has 2 aromatic rings. The van der Waals surface area contributed by atoms with Gasteiger partial charge in [-0.2, -0.15) is 0 Å². The van der Waals surface area contributed by atoms with Gasteiger partial charge in [0.1, 0.15) is 5.75 Å². The number of hydrogen-bond donors (Lipinski definition) is 1. The smallest absolute Gasteiger partial charge is 0.172 e. The van der Waals surface area contributed by atoms with Gasteiger partial charge >= 0.3 is 0 Å². The van der Waals surface area contributed by atoms with Crippen LogP contribution < -0.4 is 15.2 Å². The highest BCUT2D eigenvalue weighted by molar-refractivity contribution is 5.52. The van der Waals surface area contributed by atoms with Gasteiger partial charge in [0.25, 0.3) is 0 Å². The summed E-state index contributed by atoms with van der Waals surface area (Å²) in [6.07, 6.45) is 0.982. The van der Waals surface area contributed by atoms with Crippen LogP contribution in [0.1, 0.15) is 23.6 Å². The molecule has 0 aromatic heterocycles. The number of benzene rings is 2. The zero-order valence-corrected chi connectivity index (χ0v) is 12.3. The van der Waals surface area contributed by atoms with Crippen molar-refractivity contribution < 1.29 is 9.47 Å². The number of nitrogens with two attached hydrogens (primary N) is 1. The van der Waals surface area contributed by atoms with E-state index >= 15 is 0 Å². The van der Waals surface area contributed by atoms with Gasteiger partial charge < -0.3 is 15.2 Å². The molecular formula is C17H21NO2. The highest BCUT2D eigenvalue weighted by atomic mass is 16.5. The molecule has 0 atom stereocenters.